The van der Waals surface area contributed by atoms with Crippen LogP contribution in [0.2, 0.25) is 10.0 Å². The standard InChI is InChI=1S/C19H20Cl2N2O3/c1-2-23(11-13-5-3-8-16-19(13)26-10-9-25-16)12-17(24)22-18-14(20)6-4-7-15(18)21/h3-8H,2,9-12H2,1H3,(H,22,24). The Morgan fingerprint density at radius 3 is 2.54 bits per heavy atom. The number of carbonyl (C=O) groups excluding carboxylic acids is 1. The maximum absolute atomic E-state index is 12.4. The molecule has 0 spiro atoms. The smallest absolute Gasteiger partial charge is 0.238 e. The van der Waals surface area contributed by atoms with Crippen molar-refractivity contribution >= 4 is 34.8 Å². The van der Waals surface area contributed by atoms with E-state index in [9.17, 15) is 4.79 Å². The summed E-state index contributed by atoms with van der Waals surface area (Å²) in [5.41, 5.74) is 1.43. The van der Waals surface area contributed by atoms with Crippen LogP contribution in [0, 0.1) is 0 Å². The molecule has 0 fully saturated rings. The van der Waals surface area contributed by atoms with E-state index >= 15 is 0 Å². The van der Waals surface area contributed by atoms with E-state index in [-0.39, 0.29) is 12.5 Å². The molecule has 1 heterocycles. The van der Waals surface area contributed by atoms with Gasteiger partial charge in [0.1, 0.15) is 13.2 Å². The molecule has 2 aromatic carbocycles. The van der Waals surface area contributed by atoms with Gasteiger partial charge in [0.05, 0.1) is 22.3 Å². The van der Waals surface area contributed by atoms with Crippen molar-refractivity contribution in [3.8, 4) is 11.5 Å². The van der Waals surface area contributed by atoms with Gasteiger partial charge in [0, 0.05) is 12.1 Å². The number of anilines is 1. The fourth-order valence-electron chi connectivity index (χ4n) is 2.78. The summed E-state index contributed by atoms with van der Waals surface area (Å²) in [6.07, 6.45) is 0. The fraction of sp³-hybridized carbons (Fsp3) is 0.316. The van der Waals surface area contributed by atoms with Crippen LogP contribution in [0.5, 0.6) is 11.5 Å². The minimum atomic E-state index is -0.177. The van der Waals surface area contributed by atoms with E-state index < -0.39 is 0 Å². The lowest BCUT2D eigenvalue weighted by Gasteiger charge is -2.25. The van der Waals surface area contributed by atoms with Gasteiger partial charge >= 0.3 is 0 Å². The first-order valence-corrected chi connectivity index (χ1v) is 9.17. The Morgan fingerprint density at radius 1 is 1.12 bits per heavy atom. The Hall–Kier alpha value is -1.95. The van der Waals surface area contributed by atoms with E-state index in [0.717, 1.165) is 17.1 Å². The van der Waals surface area contributed by atoms with Crippen LogP contribution in [0.3, 0.4) is 0 Å². The highest BCUT2D eigenvalue weighted by atomic mass is 35.5. The van der Waals surface area contributed by atoms with Gasteiger partial charge in [-0.05, 0) is 24.7 Å². The number of para-hydroxylation sites is 2. The number of likely N-dealkylation sites (N-methyl/N-ethyl adjacent to an activating group) is 1. The minimum absolute atomic E-state index is 0.177. The first-order chi connectivity index (χ1) is 12.6. The fourth-order valence-corrected chi connectivity index (χ4v) is 3.27. The largest absolute Gasteiger partial charge is 0.486 e. The van der Waals surface area contributed by atoms with Crippen molar-refractivity contribution in [1.82, 2.24) is 4.90 Å². The molecule has 0 aliphatic carbocycles. The Bertz CT molecular complexity index is 778. The number of fused-ring (bicyclic) bond motifs is 1. The molecular formula is C19H20Cl2N2O3. The van der Waals surface area contributed by atoms with Crippen LogP contribution < -0.4 is 14.8 Å². The number of benzene rings is 2. The molecule has 26 heavy (non-hydrogen) atoms. The van der Waals surface area contributed by atoms with Crippen molar-refractivity contribution in [3.63, 3.8) is 0 Å². The number of rotatable bonds is 6. The molecule has 7 heteroatoms. The van der Waals surface area contributed by atoms with Crippen molar-refractivity contribution < 1.29 is 14.3 Å². The molecule has 1 amide bonds. The Balaban J connectivity index is 1.67. The molecule has 3 rings (SSSR count). The van der Waals surface area contributed by atoms with Crippen molar-refractivity contribution in [3.05, 3.63) is 52.0 Å². The van der Waals surface area contributed by atoms with Gasteiger partial charge in [-0.15, -0.1) is 0 Å². The quantitative estimate of drug-likeness (QED) is 0.796. The summed E-state index contributed by atoms with van der Waals surface area (Å²) in [5.74, 6) is 1.33. The zero-order valence-electron chi connectivity index (χ0n) is 14.4. The second-order valence-electron chi connectivity index (χ2n) is 5.89. The van der Waals surface area contributed by atoms with Gasteiger partial charge in [-0.2, -0.15) is 0 Å². The average Bonchev–Trinajstić information content (AvgIpc) is 2.64. The molecule has 5 nitrogen and oxygen atoms in total. The molecule has 2 aromatic rings. The Labute approximate surface area is 162 Å². The molecule has 0 atom stereocenters. The van der Waals surface area contributed by atoms with E-state index in [1.54, 1.807) is 18.2 Å². The van der Waals surface area contributed by atoms with Crippen LogP contribution in [0.25, 0.3) is 0 Å². The first kappa shape index (κ1) is 18.8. The van der Waals surface area contributed by atoms with Crippen LogP contribution in [0.1, 0.15) is 12.5 Å². The van der Waals surface area contributed by atoms with E-state index in [4.69, 9.17) is 32.7 Å². The molecule has 1 N–H and O–H groups in total. The van der Waals surface area contributed by atoms with Crippen molar-refractivity contribution in [2.45, 2.75) is 13.5 Å². The zero-order valence-corrected chi connectivity index (χ0v) is 15.9. The van der Waals surface area contributed by atoms with Gasteiger partial charge < -0.3 is 14.8 Å². The Kier molecular flexibility index (Phi) is 6.25. The number of carbonyl (C=O) groups is 1. The van der Waals surface area contributed by atoms with E-state index in [1.807, 2.05) is 30.0 Å². The maximum Gasteiger partial charge on any atom is 0.238 e. The topological polar surface area (TPSA) is 50.8 Å². The predicted molar refractivity (Wildman–Crippen MR) is 103 cm³/mol. The number of ether oxygens (including phenoxy) is 2. The molecule has 0 radical (unpaired) electrons. The highest BCUT2D eigenvalue weighted by molar-refractivity contribution is 6.39. The first-order valence-electron chi connectivity index (χ1n) is 8.42. The molecule has 0 aromatic heterocycles. The Morgan fingerprint density at radius 2 is 1.81 bits per heavy atom. The summed E-state index contributed by atoms with van der Waals surface area (Å²) in [6, 6.07) is 10.9. The van der Waals surface area contributed by atoms with Gasteiger partial charge in [-0.1, -0.05) is 48.3 Å². The maximum atomic E-state index is 12.4. The molecule has 0 unspecified atom stereocenters. The van der Waals surface area contributed by atoms with Crippen LogP contribution in [0.4, 0.5) is 5.69 Å². The van der Waals surface area contributed by atoms with Gasteiger partial charge in [0.2, 0.25) is 5.91 Å². The minimum Gasteiger partial charge on any atom is -0.486 e. The number of amides is 1. The van der Waals surface area contributed by atoms with E-state index in [0.29, 0.717) is 42.0 Å². The van der Waals surface area contributed by atoms with Gasteiger partial charge in [-0.3, -0.25) is 9.69 Å². The number of nitrogens with zero attached hydrogens (tertiary/aromatic N) is 1. The molecule has 1 aliphatic heterocycles. The van der Waals surface area contributed by atoms with Crippen LogP contribution >= 0.6 is 23.2 Å². The van der Waals surface area contributed by atoms with Crippen LogP contribution in [-0.2, 0) is 11.3 Å². The van der Waals surface area contributed by atoms with Gasteiger partial charge in [0.15, 0.2) is 11.5 Å². The molecule has 0 bridgehead atoms. The lowest BCUT2D eigenvalue weighted by Crippen LogP contribution is -2.33. The van der Waals surface area contributed by atoms with E-state index in [2.05, 4.69) is 5.32 Å². The second kappa shape index (κ2) is 8.62. The number of nitrogens with one attached hydrogen (secondary N) is 1. The van der Waals surface area contributed by atoms with Gasteiger partial charge in [0.25, 0.3) is 0 Å². The summed E-state index contributed by atoms with van der Waals surface area (Å²) >= 11 is 12.2. The van der Waals surface area contributed by atoms with E-state index in [1.165, 1.54) is 0 Å². The third-order valence-corrected chi connectivity index (χ3v) is 4.71. The summed E-state index contributed by atoms with van der Waals surface area (Å²) in [6.45, 7) is 4.57. The molecule has 0 saturated heterocycles. The summed E-state index contributed by atoms with van der Waals surface area (Å²) in [5, 5.41) is 3.62. The SMILES string of the molecule is CCN(CC(=O)Nc1c(Cl)cccc1Cl)Cc1cccc2c1OCCO2. The summed E-state index contributed by atoms with van der Waals surface area (Å²) in [4.78, 5) is 14.4. The van der Waals surface area contributed by atoms with Crippen LogP contribution in [0.15, 0.2) is 36.4 Å². The van der Waals surface area contributed by atoms with Crippen molar-refractivity contribution in [1.29, 1.82) is 0 Å². The molecular weight excluding hydrogens is 375 g/mol. The lowest BCUT2D eigenvalue weighted by atomic mass is 10.1. The predicted octanol–water partition coefficient (Wildman–Crippen LogP) is 4.23. The highest BCUT2D eigenvalue weighted by Crippen LogP contribution is 2.34. The highest BCUT2D eigenvalue weighted by Gasteiger charge is 2.19. The number of hydrogen-bond acceptors (Lipinski definition) is 4. The third kappa shape index (κ3) is 4.41. The number of hydrogen-bond donors (Lipinski definition) is 1. The molecule has 1 aliphatic rings. The zero-order chi connectivity index (χ0) is 18.5. The average molecular weight is 395 g/mol. The van der Waals surface area contributed by atoms with Crippen LogP contribution in [-0.4, -0.2) is 37.1 Å². The number of halogens is 2. The summed E-state index contributed by atoms with van der Waals surface area (Å²) < 4.78 is 11.4. The monoisotopic (exact) mass is 394 g/mol. The van der Waals surface area contributed by atoms with Crippen molar-refractivity contribution in [2.24, 2.45) is 0 Å². The van der Waals surface area contributed by atoms with Crippen molar-refractivity contribution in [2.75, 3.05) is 31.6 Å². The third-order valence-electron chi connectivity index (χ3n) is 4.08. The molecule has 138 valence electrons. The second-order valence-corrected chi connectivity index (χ2v) is 6.70. The lowest BCUT2D eigenvalue weighted by molar-refractivity contribution is -0.117. The summed E-state index contributed by atoms with van der Waals surface area (Å²) in [7, 11) is 0. The van der Waals surface area contributed by atoms with Gasteiger partial charge in [-0.25, -0.2) is 0 Å². The normalized spacial score (nSPS) is 12.9. The molecule has 0 saturated carbocycles.